The van der Waals surface area contributed by atoms with Crippen molar-refractivity contribution in [1.29, 1.82) is 5.26 Å². The molecular formula is C12H15N3O. The van der Waals surface area contributed by atoms with Gasteiger partial charge >= 0.3 is 0 Å². The number of nitrogens with zero attached hydrogens (tertiary/aromatic N) is 3. The maximum absolute atomic E-state index is 9.27. The monoisotopic (exact) mass is 217 g/mol. The standard InChI is InChI=1S/C12H15N3O/c13-7-12-10-5-6-16-8-11(10)14-15(12)9-3-1-2-4-9/h9H,1-6,8H2. The van der Waals surface area contributed by atoms with Crippen LogP contribution in [0.1, 0.15) is 48.7 Å². The predicted molar refractivity (Wildman–Crippen MR) is 57.8 cm³/mol. The molecule has 0 bridgehead atoms. The molecule has 4 heteroatoms. The topological polar surface area (TPSA) is 50.8 Å². The van der Waals surface area contributed by atoms with Crippen molar-refractivity contribution < 1.29 is 4.74 Å². The molecule has 0 atom stereocenters. The molecule has 16 heavy (non-hydrogen) atoms. The number of nitriles is 1. The molecule has 3 rings (SSSR count). The second kappa shape index (κ2) is 3.91. The summed E-state index contributed by atoms with van der Waals surface area (Å²) in [5.74, 6) is 0. The molecule has 0 N–H and O–H groups in total. The van der Waals surface area contributed by atoms with Gasteiger partial charge < -0.3 is 4.74 Å². The van der Waals surface area contributed by atoms with Gasteiger partial charge in [-0.05, 0) is 12.8 Å². The van der Waals surface area contributed by atoms with Gasteiger partial charge in [-0.25, -0.2) is 0 Å². The van der Waals surface area contributed by atoms with Gasteiger partial charge in [-0.1, -0.05) is 12.8 Å². The minimum absolute atomic E-state index is 0.445. The fraction of sp³-hybridized carbons (Fsp3) is 0.667. The van der Waals surface area contributed by atoms with Crippen molar-refractivity contribution in [2.24, 2.45) is 0 Å². The predicted octanol–water partition coefficient (Wildman–Crippen LogP) is 1.94. The van der Waals surface area contributed by atoms with E-state index in [9.17, 15) is 5.26 Å². The lowest BCUT2D eigenvalue weighted by Gasteiger charge is -2.11. The molecule has 84 valence electrons. The molecule has 1 aromatic rings. The maximum Gasteiger partial charge on any atom is 0.142 e. The molecule has 0 spiro atoms. The van der Waals surface area contributed by atoms with E-state index in [-0.39, 0.29) is 0 Å². The van der Waals surface area contributed by atoms with E-state index >= 15 is 0 Å². The van der Waals surface area contributed by atoms with Crippen LogP contribution in [0.15, 0.2) is 0 Å². The Morgan fingerprint density at radius 2 is 2.19 bits per heavy atom. The molecule has 0 amide bonds. The zero-order chi connectivity index (χ0) is 11.0. The summed E-state index contributed by atoms with van der Waals surface area (Å²) >= 11 is 0. The summed E-state index contributed by atoms with van der Waals surface area (Å²) in [4.78, 5) is 0. The van der Waals surface area contributed by atoms with Gasteiger partial charge in [-0.15, -0.1) is 0 Å². The maximum atomic E-state index is 9.27. The molecule has 1 aromatic heterocycles. The summed E-state index contributed by atoms with van der Waals surface area (Å²) in [6, 6.07) is 2.77. The Labute approximate surface area is 94.8 Å². The van der Waals surface area contributed by atoms with Crippen molar-refractivity contribution in [3.63, 3.8) is 0 Å². The van der Waals surface area contributed by atoms with Gasteiger partial charge in [0.25, 0.3) is 0 Å². The Kier molecular flexibility index (Phi) is 2.41. The molecule has 1 saturated carbocycles. The number of ether oxygens (including phenoxy) is 1. The van der Waals surface area contributed by atoms with Gasteiger partial charge in [0.1, 0.15) is 11.8 Å². The summed E-state index contributed by atoms with van der Waals surface area (Å²) in [5.41, 5.74) is 2.89. The van der Waals surface area contributed by atoms with E-state index in [1.165, 1.54) is 12.8 Å². The lowest BCUT2D eigenvalue weighted by atomic mass is 10.1. The molecule has 0 saturated heterocycles. The van der Waals surface area contributed by atoms with Crippen LogP contribution >= 0.6 is 0 Å². The fourth-order valence-corrected chi connectivity index (χ4v) is 2.77. The van der Waals surface area contributed by atoms with Crippen LogP contribution in [0.4, 0.5) is 0 Å². The summed E-state index contributed by atoms with van der Waals surface area (Å²) < 4.78 is 7.35. The summed E-state index contributed by atoms with van der Waals surface area (Å²) in [6.07, 6.45) is 5.68. The van der Waals surface area contributed by atoms with Crippen LogP contribution in [-0.4, -0.2) is 16.4 Å². The van der Waals surface area contributed by atoms with E-state index in [4.69, 9.17) is 4.74 Å². The molecule has 0 aromatic carbocycles. The van der Waals surface area contributed by atoms with Crippen molar-refractivity contribution in [3.8, 4) is 6.07 Å². The van der Waals surface area contributed by atoms with Crippen LogP contribution < -0.4 is 0 Å². The third-order valence-electron chi connectivity index (χ3n) is 3.60. The number of hydrogen-bond acceptors (Lipinski definition) is 3. The molecule has 4 nitrogen and oxygen atoms in total. The Hall–Kier alpha value is -1.34. The molecule has 1 fully saturated rings. The van der Waals surface area contributed by atoms with Crippen molar-refractivity contribution in [3.05, 3.63) is 17.0 Å². The molecule has 2 aliphatic rings. The summed E-state index contributed by atoms with van der Waals surface area (Å²) in [5, 5.41) is 13.8. The molecule has 1 aliphatic heterocycles. The lowest BCUT2D eigenvalue weighted by molar-refractivity contribution is 0.108. The van der Waals surface area contributed by atoms with Gasteiger partial charge in [0.2, 0.25) is 0 Å². The molecule has 0 radical (unpaired) electrons. The zero-order valence-electron chi connectivity index (χ0n) is 9.28. The Morgan fingerprint density at radius 1 is 1.38 bits per heavy atom. The first kappa shape index (κ1) is 9.86. The molecule has 2 heterocycles. The number of fused-ring (bicyclic) bond motifs is 1. The van der Waals surface area contributed by atoms with E-state index in [1.807, 2.05) is 4.68 Å². The average Bonchev–Trinajstić information content (AvgIpc) is 2.95. The lowest BCUT2D eigenvalue weighted by Crippen LogP contribution is -2.09. The Balaban J connectivity index is 2.04. The second-order valence-electron chi connectivity index (χ2n) is 4.57. The van der Waals surface area contributed by atoms with Gasteiger partial charge in [0.15, 0.2) is 0 Å². The van der Waals surface area contributed by atoms with Crippen molar-refractivity contribution in [2.75, 3.05) is 6.61 Å². The highest BCUT2D eigenvalue weighted by atomic mass is 16.5. The fourth-order valence-electron chi connectivity index (χ4n) is 2.77. The number of aromatic nitrogens is 2. The normalized spacial score (nSPS) is 20.7. The van der Waals surface area contributed by atoms with E-state index in [0.717, 1.165) is 42.8 Å². The summed E-state index contributed by atoms with van der Waals surface area (Å²) in [6.45, 7) is 1.29. The summed E-state index contributed by atoms with van der Waals surface area (Å²) in [7, 11) is 0. The van der Waals surface area contributed by atoms with Gasteiger partial charge in [-0.2, -0.15) is 10.4 Å². The quantitative estimate of drug-likeness (QED) is 0.722. The first-order valence-electron chi connectivity index (χ1n) is 5.98. The minimum Gasteiger partial charge on any atom is -0.375 e. The third-order valence-corrected chi connectivity index (χ3v) is 3.60. The van der Waals surface area contributed by atoms with E-state index < -0.39 is 0 Å². The van der Waals surface area contributed by atoms with Gasteiger partial charge in [0, 0.05) is 12.0 Å². The first-order valence-corrected chi connectivity index (χ1v) is 5.98. The zero-order valence-corrected chi connectivity index (χ0v) is 9.28. The Bertz CT molecular complexity index is 438. The highest BCUT2D eigenvalue weighted by Crippen LogP contribution is 2.32. The van der Waals surface area contributed by atoms with E-state index in [0.29, 0.717) is 12.6 Å². The van der Waals surface area contributed by atoms with Crippen LogP contribution in [0.5, 0.6) is 0 Å². The van der Waals surface area contributed by atoms with Crippen LogP contribution in [0.25, 0.3) is 0 Å². The highest BCUT2D eigenvalue weighted by molar-refractivity contribution is 5.37. The van der Waals surface area contributed by atoms with Crippen LogP contribution in [-0.2, 0) is 17.8 Å². The highest BCUT2D eigenvalue weighted by Gasteiger charge is 2.26. The van der Waals surface area contributed by atoms with E-state index in [1.54, 1.807) is 0 Å². The first-order chi connectivity index (χ1) is 7.90. The minimum atomic E-state index is 0.445. The van der Waals surface area contributed by atoms with Crippen molar-refractivity contribution in [1.82, 2.24) is 9.78 Å². The van der Waals surface area contributed by atoms with Crippen LogP contribution in [0.2, 0.25) is 0 Å². The number of rotatable bonds is 1. The molecule has 1 aliphatic carbocycles. The largest absolute Gasteiger partial charge is 0.375 e. The molecule has 0 unspecified atom stereocenters. The van der Waals surface area contributed by atoms with E-state index in [2.05, 4.69) is 11.2 Å². The SMILES string of the molecule is N#Cc1c2c(nn1C1CCCC1)COCC2. The van der Waals surface area contributed by atoms with Gasteiger partial charge in [0.05, 0.1) is 24.9 Å². The smallest absolute Gasteiger partial charge is 0.142 e. The van der Waals surface area contributed by atoms with Crippen molar-refractivity contribution in [2.45, 2.75) is 44.8 Å². The van der Waals surface area contributed by atoms with Gasteiger partial charge in [-0.3, -0.25) is 4.68 Å². The third kappa shape index (κ3) is 1.43. The number of hydrogen-bond donors (Lipinski definition) is 0. The average molecular weight is 217 g/mol. The molecular weight excluding hydrogens is 202 g/mol. The second-order valence-corrected chi connectivity index (χ2v) is 4.57. The Morgan fingerprint density at radius 3 is 2.94 bits per heavy atom. The van der Waals surface area contributed by atoms with Crippen molar-refractivity contribution >= 4 is 0 Å². The van der Waals surface area contributed by atoms with Crippen LogP contribution in [0, 0.1) is 11.3 Å². The van der Waals surface area contributed by atoms with Crippen LogP contribution in [0.3, 0.4) is 0 Å².